The summed E-state index contributed by atoms with van der Waals surface area (Å²) in [6.45, 7) is 3.80. The summed E-state index contributed by atoms with van der Waals surface area (Å²) in [5.41, 5.74) is 1.31. The Balaban J connectivity index is 0.00000392. The number of likely N-dealkylation sites (N-methyl/N-ethyl adjacent to an activating group) is 1. The second-order valence-electron chi connectivity index (χ2n) is 6.84. The highest BCUT2D eigenvalue weighted by molar-refractivity contribution is 14.0. The van der Waals surface area contributed by atoms with Gasteiger partial charge in [0.1, 0.15) is 11.5 Å². The van der Waals surface area contributed by atoms with Crippen LogP contribution in [-0.2, 0) is 0 Å². The average Bonchev–Trinajstić information content (AvgIpc) is 3.20. The molecular weight excluding hydrogens is 467 g/mol. The van der Waals surface area contributed by atoms with Crippen LogP contribution >= 0.6 is 24.0 Å². The molecule has 0 aliphatic carbocycles. The van der Waals surface area contributed by atoms with Crippen molar-refractivity contribution >= 4 is 29.9 Å². The molecule has 0 radical (unpaired) electrons. The third-order valence-corrected chi connectivity index (χ3v) is 4.74. The molecule has 0 saturated heterocycles. The third-order valence-electron chi connectivity index (χ3n) is 4.74. The number of hydrogen-bond acceptors (Lipinski definition) is 4. The number of benzene rings is 1. The van der Waals surface area contributed by atoms with Crippen molar-refractivity contribution in [3.05, 3.63) is 54.0 Å². The first-order chi connectivity index (χ1) is 13.0. The summed E-state index contributed by atoms with van der Waals surface area (Å²) >= 11 is 0. The van der Waals surface area contributed by atoms with Crippen LogP contribution in [0.1, 0.15) is 36.6 Å². The van der Waals surface area contributed by atoms with E-state index in [0.29, 0.717) is 12.5 Å². The Morgan fingerprint density at radius 3 is 2.43 bits per heavy atom. The molecule has 2 N–H and O–H groups in total. The van der Waals surface area contributed by atoms with Crippen molar-refractivity contribution < 1.29 is 9.15 Å². The first-order valence-electron chi connectivity index (χ1n) is 9.33. The number of nitrogens with one attached hydrogen (secondary N) is 2. The number of aliphatic imine (C=N–C) groups is 1. The first-order valence-corrected chi connectivity index (χ1v) is 9.33. The molecule has 0 aliphatic rings. The maximum atomic E-state index is 5.55. The maximum absolute atomic E-state index is 5.55. The molecule has 0 spiro atoms. The van der Waals surface area contributed by atoms with Gasteiger partial charge in [-0.2, -0.15) is 0 Å². The standard InChI is InChI=1S/C21H32N4O2.HI/c1-16(17-8-10-18(26-5)11-9-17)12-13-23-21(22-2)24-15-19(25(3)4)20-7-6-14-27-20;/h6-11,14,16,19H,12-13,15H2,1-5H3,(H2,22,23,24);1H. The molecule has 2 atom stereocenters. The van der Waals surface area contributed by atoms with Crippen LogP contribution in [0.2, 0.25) is 0 Å². The first kappa shape index (κ1) is 24.3. The molecule has 0 aliphatic heterocycles. The molecular formula is C21H33IN4O2. The highest BCUT2D eigenvalue weighted by atomic mass is 127. The molecule has 0 fully saturated rings. The predicted molar refractivity (Wildman–Crippen MR) is 126 cm³/mol. The molecule has 7 heteroatoms. The number of furan rings is 1. The summed E-state index contributed by atoms with van der Waals surface area (Å²) in [6.07, 6.45) is 2.72. The summed E-state index contributed by atoms with van der Waals surface area (Å²) in [5, 5.41) is 6.79. The number of rotatable bonds is 9. The number of ether oxygens (including phenoxy) is 1. The van der Waals surface area contributed by atoms with E-state index < -0.39 is 0 Å². The van der Waals surface area contributed by atoms with Crippen LogP contribution in [-0.4, -0.2) is 52.2 Å². The summed E-state index contributed by atoms with van der Waals surface area (Å²) in [7, 11) is 7.57. The van der Waals surface area contributed by atoms with Crippen LogP contribution in [0.5, 0.6) is 5.75 Å². The lowest BCUT2D eigenvalue weighted by Crippen LogP contribution is -2.42. The van der Waals surface area contributed by atoms with E-state index in [2.05, 4.69) is 39.6 Å². The Kier molecular flexibility index (Phi) is 11.0. The quantitative estimate of drug-likeness (QED) is 0.311. The van der Waals surface area contributed by atoms with E-state index in [1.54, 1.807) is 20.4 Å². The molecule has 2 unspecified atom stereocenters. The van der Waals surface area contributed by atoms with E-state index in [9.17, 15) is 0 Å². The summed E-state index contributed by atoms with van der Waals surface area (Å²) in [5.74, 6) is 3.09. The van der Waals surface area contributed by atoms with Crippen LogP contribution in [0.3, 0.4) is 0 Å². The molecule has 0 bridgehead atoms. The average molecular weight is 500 g/mol. The second kappa shape index (κ2) is 12.7. The van der Waals surface area contributed by atoms with Gasteiger partial charge >= 0.3 is 0 Å². The highest BCUT2D eigenvalue weighted by Crippen LogP contribution is 2.21. The fourth-order valence-corrected chi connectivity index (χ4v) is 2.94. The van der Waals surface area contributed by atoms with Crippen LogP contribution in [0, 0.1) is 0 Å². The Morgan fingerprint density at radius 2 is 1.89 bits per heavy atom. The van der Waals surface area contributed by atoms with Crippen molar-refractivity contribution in [2.24, 2.45) is 4.99 Å². The van der Waals surface area contributed by atoms with E-state index >= 15 is 0 Å². The lowest BCUT2D eigenvalue weighted by Gasteiger charge is -2.24. The number of guanidine groups is 1. The zero-order valence-electron chi connectivity index (χ0n) is 17.4. The smallest absolute Gasteiger partial charge is 0.191 e. The van der Waals surface area contributed by atoms with Crippen LogP contribution in [0.4, 0.5) is 0 Å². The summed E-state index contributed by atoms with van der Waals surface area (Å²) in [4.78, 5) is 6.45. The van der Waals surface area contributed by atoms with Gasteiger partial charge in [-0.05, 0) is 56.3 Å². The minimum Gasteiger partial charge on any atom is -0.497 e. The Hall–Kier alpha value is -1.74. The normalized spacial score (nSPS) is 13.6. The fraction of sp³-hybridized carbons (Fsp3) is 0.476. The number of nitrogens with zero attached hydrogens (tertiary/aromatic N) is 2. The van der Waals surface area contributed by atoms with E-state index in [1.165, 1.54) is 5.56 Å². The van der Waals surface area contributed by atoms with Gasteiger partial charge in [-0.3, -0.25) is 9.89 Å². The molecule has 0 saturated carbocycles. The molecule has 6 nitrogen and oxygen atoms in total. The molecule has 0 amide bonds. The number of methoxy groups -OCH3 is 1. The summed E-state index contributed by atoms with van der Waals surface area (Å²) < 4.78 is 10.8. The van der Waals surface area contributed by atoms with Gasteiger partial charge in [0.15, 0.2) is 5.96 Å². The maximum Gasteiger partial charge on any atom is 0.191 e. The Labute approximate surface area is 185 Å². The zero-order valence-corrected chi connectivity index (χ0v) is 19.8. The highest BCUT2D eigenvalue weighted by Gasteiger charge is 2.17. The van der Waals surface area contributed by atoms with E-state index in [-0.39, 0.29) is 30.0 Å². The summed E-state index contributed by atoms with van der Waals surface area (Å²) in [6, 6.07) is 12.3. The minimum absolute atomic E-state index is 0. The monoisotopic (exact) mass is 500 g/mol. The fourth-order valence-electron chi connectivity index (χ4n) is 2.94. The lowest BCUT2D eigenvalue weighted by atomic mass is 9.98. The largest absolute Gasteiger partial charge is 0.497 e. The SMILES string of the molecule is CN=C(NCCC(C)c1ccc(OC)cc1)NCC(c1ccco1)N(C)C.I. The van der Waals surface area contributed by atoms with Crippen molar-refractivity contribution in [3.63, 3.8) is 0 Å². The van der Waals surface area contributed by atoms with Crippen molar-refractivity contribution in [2.75, 3.05) is 41.3 Å². The minimum atomic E-state index is 0. The van der Waals surface area contributed by atoms with Crippen molar-refractivity contribution in [1.29, 1.82) is 0 Å². The molecule has 2 rings (SSSR count). The lowest BCUT2D eigenvalue weighted by molar-refractivity contribution is 0.258. The second-order valence-corrected chi connectivity index (χ2v) is 6.84. The predicted octanol–water partition coefficient (Wildman–Crippen LogP) is 3.87. The van der Waals surface area contributed by atoms with E-state index in [4.69, 9.17) is 9.15 Å². The molecule has 28 heavy (non-hydrogen) atoms. The van der Waals surface area contributed by atoms with E-state index in [0.717, 1.165) is 30.4 Å². The van der Waals surface area contributed by atoms with Gasteiger partial charge in [0.25, 0.3) is 0 Å². The topological polar surface area (TPSA) is 62.0 Å². The van der Waals surface area contributed by atoms with Gasteiger partial charge in [-0.15, -0.1) is 24.0 Å². The van der Waals surface area contributed by atoms with Gasteiger partial charge in [0.05, 0.1) is 19.4 Å². The molecule has 2 aromatic rings. The van der Waals surface area contributed by atoms with Crippen molar-refractivity contribution in [3.8, 4) is 5.75 Å². The van der Waals surface area contributed by atoms with Crippen molar-refractivity contribution in [1.82, 2.24) is 15.5 Å². The zero-order chi connectivity index (χ0) is 19.6. The van der Waals surface area contributed by atoms with Gasteiger partial charge in [0, 0.05) is 20.1 Å². The number of hydrogen-bond donors (Lipinski definition) is 2. The van der Waals surface area contributed by atoms with E-state index in [1.807, 2.05) is 38.4 Å². The van der Waals surface area contributed by atoms with Crippen LogP contribution < -0.4 is 15.4 Å². The van der Waals surface area contributed by atoms with Crippen molar-refractivity contribution in [2.45, 2.75) is 25.3 Å². The van der Waals surface area contributed by atoms with Gasteiger partial charge in [-0.25, -0.2) is 0 Å². The Morgan fingerprint density at radius 1 is 1.18 bits per heavy atom. The van der Waals surface area contributed by atoms with Gasteiger partial charge in [-0.1, -0.05) is 19.1 Å². The molecule has 1 aromatic carbocycles. The van der Waals surface area contributed by atoms with Gasteiger partial charge < -0.3 is 19.8 Å². The van der Waals surface area contributed by atoms with Crippen LogP contribution in [0.25, 0.3) is 0 Å². The van der Waals surface area contributed by atoms with Gasteiger partial charge in [0.2, 0.25) is 0 Å². The number of halogens is 1. The van der Waals surface area contributed by atoms with Crippen LogP contribution in [0.15, 0.2) is 52.1 Å². The molecule has 156 valence electrons. The molecule has 1 aromatic heterocycles. The Bertz CT molecular complexity index is 687. The molecule has 1 heterocycles. The third kappa shape index (κ3) is 7.35.